The molecule has 2 aliphatic heterocycles. The van der Waals surface area contributed by atoms with Gasteiger partial charge in [-0.2, -0.15) is 0 Å². The lowest BCUT2D eigenvalue weighted by atomic mass is 9.33. The second-order valence-corrected chi connectivity index (χ2v) is 22.2. The summed E-state index contributed by atoms with van der Waals surface area (Å²) in [5, 5.41) is 8.42. The molecule has 2 aliphatic rings. The van der Waals surface area contributed by atoms with Crippen molar-refractivity contribution in [1.29, 1.82) is 0 Å². The second kappa shape index (κ2) is 14.3. The minimum absolute atomic E-state index is 0.0131. The van der Waals surface area contributed by atoms with Gasteiger partial charge in [-0.1, -0.05) is 120 Å². The molecule has 7 aromatic carbocycles. The standard InChI is InChI=1S/C59H51BN2OS2/c1-34-26-49-55-50(27-34)62(56-35(2)28-40(29-36(56)3)59(7,8)9)57-54(44-31-39(58(4,5)6)21-25-51(44)63-57)60(55)47-30-38(46-33-65-53-17-13-11-15-43(46)53)20-24-48(47)61(49)41-22-18-37(19-23-41)45-32-64-52-16-12-10-14-42(45)52/h10-33H,1-9H3. The van der Waals surface area contributed by atoms with Crippen molar-refractivity contribution in [2.45, 2.75) is 73.1 Å². The first kappa shape index (κ1) is 40.2. The van der Waals surface area contributed by atoms with E-state index in [1.54, 1.807) is 0 Å². The quantitative estimate of drug-likeness (QED) is 0.164. The van der Waals surface area contributed by atoms with Crippen LogP contribution in [0.25, 0.3) is 53.4 Å². The number of rotatable bonds is 4. The van der Waals surface area contributed by atoms with Gasteiger partial charge in [0.1, 0.15) is 5.58 Å². The average Bonchev–Trinajstić information content (AvgIpc) is 4.02. The van der Waals surface area contributed by atoms with Gasteiger partial charge in [0.2, 0.25) is 5.88 Å². The molecule has 0 fully saturated rings. The predicted octanol–water partition coefficient (Wildman–Crippen LogP) is 15.8. The fourth-order valence-electron chi connectivity index (χ4n) is 10.7. The average molecular weight is 879 g/mol. The van der Waals surface area contributed by atoms with Crippen LogP contribution in [0.4, 0.5) is 34.3 Å². The van der Waals surface area contributed by atoms with Crippen molar-refractivity contribution in [3.05, 3.63) is 172 Å². The van der Waals surface area contributed by atoms with E-state index in [0.29, 0.717) is 0 Å². The number of fused-ring (bicyclic) bond motifs is 8. The first-order valence-corrected chi connectivity index (χ1v) is 24.6. The van der Waals surface area contributed by atoms with Gasteiger partial charge in [0.25, 0.3) is 6.71 Å². The lowest BCUT2D eigenvalue weighted by Gasteiger charge is -2.43. The van der Waals surface area contributed by atoms with Crippen LogP contribution in [0.3, 0.4) is 0 Å². The van der Waals surface area contributed by atoms with E-state index in [-0.39, 0.29) is 17.5 Å². The van der Waals surface area contributed by atoms with Gasteiger partial charge in [0, 0.05) is 64.9 Å². The molecule has 318 valence electrons. The van der Waals surface area contributed by atoms with Crippen molar-refractivity contribution in [3.8, 4) is 22.3 Å². The molecule has 0 atom stereocenters. The smallest absolute Gasteiger partial charge is 0.257 e. The second-order valence-electron chi connectivity index (χ2n) is 20.4. The Labute approximate surface area is 390 Å². The summed E-state index contributed by atoms with van der Waals surface area (Å²) in [5.74, 6) is 0.910. The van der Waals surface area contributed by atoms with Crippen LogP contribution in [-0.2, 0) is 10.8 Å². The van der Waals surface area contributed by atoms with E-state index < -0.39 is 0 Å². The number of hydrogen-bond acceptors (Lipinski definition) is 5. The zero-order valence-electron chi connectivity index (χ0n) is 38.6. The molecule has 0 amide bonds. The molecular formula is C59H51BN2OS2. The molecule has 10 aromatic rings. The summed E-state index contributed by atoms with van der Waals surface area (Å²) in [6.07, 6.45) is 0. The van der Waals surface area contributed by atoms with E-state index >= 15 is 0 Å². The van der Waals surface area contributed by atoms with E-state index in [4.69, 9.17) is 4.42 Å². The van der Waals surface area contributed by atoms with Crippen molar-refractivity contribution < 1.29 is 4.42 Å². The van der Waals surface area contributed by atoms with E-state index in [1.165, 1.54) is 115 Å². The van der Waals surface area contributed by atoms with Gasteiger partial charge >= 0.3 is 0 Å². The highest BCUT2D eigenvalue weighted by atomic mass is 32.1. The number of benzene rings is 7. The predicted molar refractivity (Wildman–Crippen MR) is 283 cm³/mol. The zero-order valence-corrected chi connectivity index (χ0v) is 40.2. The number of hydrogen-bond donors (Lipinski definition) is 0. The molecule has 0 saturated carbocycles. The minimum Gasteiger partial charge on any atom is -0.440 e. The largest absolute Gasteiger partial charge is 0.440 e. The molecule has 0 unspecified atom stereocenters. The Bertz CT molecular complexity index is 3550. The molecule has 0 bridgehead atoms. The van der Waals surface area contributed by atoms with Crippen LogP contribution in [-0.4, -0.2) is 6.71 Å². The Hall–Kier alpha value is -6.34. The van der Waals surface area contributed by atoms with Gasteiger partial charge in [-0.25, -0.2) is 0 Å². The molecular weight excluding hydrogens is 828 g/mol. The summed E-state index contributed by atoms with van der Waals surface area (Å²) in [5.41, 5.74) is 21.9. The van der Waals surface area contributed by atoms with Crippen molar-refractivity contribution in [2.24, 2.45) is 0 Å². The highest BCUT2D eigenvalue weighted by molar-refractivity contribution is 7.18. The third-order valence-corrected chi connectivity index (χ3v) is 15.9. The van der Waals surface area contributed by atoms with Crippen molar-refractivity contribution in [1.82, 2.24) is 0 Å². The monoisotopic (exact) mass is 878 g/mol. The van der Waals surface area contributed by atoms with Gasteiger partial charge in [-0.05, 0) is 147 Å². The third kappa shape index (κ3) is 6.21. The molecule has 6 heteroatoms. The van der Waals surface area contributed by atoms with Crippen molar-refractivity contribution in [3.63, 3.8) is 0 Å². The SMILES string of the molecule is Cc1cc2c3c(c1)N(c1c(C)cc(C(C)(C)C)cc1C)c1oc4ccc(C(C)(C)C)cc4c1B3c1cc(-c3csc4ccccc34)ccc1N2c1ccc(-c2csc3ccccc23)cc1. The number of nitrogens with zero attached hydrogens (tertiary/aromatic N) is 2. The Balaban J connectivity index is 1.16. The van der Waals surface area contributed by atoms with Crippen LogP contribution in [0, 0.1) is 20.8 Å². The first-order chi connectivity index (χ1) is 31.2. The summed E-state index contributed by atoms with van der Waals surface area (Å²) in [7, 11) is 0. The summed E-state index contributed by atoms with van der Waals surface area (Å²) in [6, 6.07) is 50.6. The molecule has 0 aliphatic carbocycles. The molecule has 0 saturated heterocycles. The number of aryl methyl sites for hydroxylation is 3. The van der Waals surface area contributed by atoms with E-state index in [0.717, 1.165) is 17.2 Å². The third-order valence-electron chi connectivity index (χ3n) is 14.0. The summed E-state index contributed by atoms with van der Waals surface area (Å²) < 4.78 is 9.92. The van der Waals surface area contributed by atoms with Gasteiger partial charge < -0.3 is 9.32 Å². The van der Waals surface area contributed by atoms with Crippen molar-refractivity contribution >= 4 is 111 Å². The van der Waals surface area contributed by atoms with E-state index in [2.05, 4.69) is 216 Å². The van der Waals surface area contributed by atoms with Crippen LogP contribution in [0.5, 0.6) is 0 Å². The van der Waals surface area contributed by atoms with E-state index in [1.807, 2.05) is 22.7 Å². The summed E-state index contributed by atoms with van der Waals surface area (Å²) >= 11 is 3.64. The number of anilines is 6. The zero-order chi connectivity index (χ0) is 44.7. The molecule has 12 rings (SSSR count). The maximum Gasteiger partial charge on any atom is 0.257 e. The molecule has 0 radical (unpaired) electrons. The van der Waals surface area contributed by atoms with Gasteiger partial charge in [0.15, 0.2) is 0 Å². The van der Waals surface area contributed by atoms with Crippen LogP contribution in [0.1, 0.15) is 69.4 Å². The van der Waals surface area contributed by atoms with E-state index in [9.17, 15) is 0 Å². The molecule has 5 heterocycles. The maximum atomic E-state index is 7.31. The lowest BCUT2D eigenvalue weighted by molar-refractivity contribution is 0.589. The molecule has 3 nitrogen and oxygen atoms in total. The lowest BCUT2D eigenvalue weighted by Crippen LogP contribution is -2.61. The van der Waals surface area contributed by atoms with Gasteiger partial charge in [-0.15, -0.1) is 22.7 Å². The van der Waals surface area contributed by atoms with Crippen LogP contribution in [0.15, 0.2) is 149 Å². The fraction of sp³-hybridized carbons (Fsp3) is 0.186. The normalized spacial score (nSPS) is 13.5. The molecule has 0 spiro atoms. The maximum absolute atomic E-state index is 7.31. The highest BCUT2D eigenvalue weighted by Gasteiger charge is 2.47. The minimum atomic E-state index is -0.0923. The highest BCUT2D eigenvalue weighted by Crippen LogP contribution is 2.49. The van der Waals surface area contributed by atoms with Crippen LogP contribution >= 0.6 is 22.7 Å². The Morgan fingerprint density at radius 1 is 0.508 bits per heavy atom. The number of furan rings is 1. The molecule has 3 aromatic heterocycles. The van der Waals surface area contributed by atoms with Crippen LogP contribution in [0.2, 0.25) is 0 Å². The van der Waals surface area contributed by atoms with Crippen molar-refractivity contribution in [2.75, 3.05) is 9.80 Å². The Kier molecular flexibility index (Phi) is 8.86. The first-order valence-electron chi connectivity index (χ1n) is 22.8. The summed E-state index contributed by atoms with van der Waals surface area (Å²) in [4.78, 5) is 5.02. The molecule has 0 N–H and O–H groups in total. The van der Waals surface area contributed by atoms with Crippen LogP contribution < -0.4 is 26.2 Å². The van der Waals surface area contributed by atoms with Gasteiger partial charge in [0.05, 0.1) is 5.69 Å². The topological polar surface area (TPSA) is 19.6 Å². The molecule has 65 heavy (non-hydrogen) atoms. The Morgan fingerprint density at radius 3 is 1.72 bits per heavy atom. The Morgan fingerprint density at radius 2 is 1.09 bits per heavy atom. The number of thiophene rings is 2. The van der Waals surface area contributed by atoms with Gasteiger partial charge in [-0.3, -0.25) is 4.90 Å². The fourth-order valence-corrected chi connectivity index (χ4v) is 12.7. The summed E-state index contributed by atoms with van der Waals surface area (Å²) in [6.45, 7) is 20.6.